The predicted octanol–water partition coefficient (Wildman–Crippen LogP) is 1.38. The Morgan fingerprint density at radius 1 is 1.41 bits per heavy atom. The van der Waals surface area contributed by atoms with E-state index < -0.39 is 18.7 Å². The molecule has 1 unspecified atom stereocenters. The van der Waals surface area contributed by atoms with Gasteiger partial charge in [-0.3, -0.25) is 4.90 Å². The fraction of sp³-hybridized carbons (Fsp3) is 0.533. The van der Waals surface area contributed by atoms with Gasteiger partial charge in [-0.2, -0.15) is 0 Å². The van der Waals surface area contributed by atoms with Crippen molar-refractivity contribution in [2.75, 3.05) is 32.0 Å². The molecule has 1 aromatic rings. The van der Waals surface area contributed by atoms with E-state index in [9.17, 15) is 9.90 Å². The van der Waals surface area contributed by atoms with Crippen molar-refractivity contribution in [3.05, 3.63) is 27.7 Å². The molecule has 0 saturated carbocycles. The fourth-order valence-electron chi connectivity index (χ4n) is 1.92. The zero-order valence-corrected chi connectivity index (χ0v) is 14.5. The molecule has 1 atom stereocenters. The maximum absolute atomic E-state index is 12.0. The minimum absolute atomic E-state index is 0.247. The molecule has 0 fully saturated rings. The maximum Gasteiger partial charge on any atom is 0.338 e. The molecule has 0 bridgehead atoms. The standard InChI is InChI=1S/C15H23BrN2O4/c1-3-18(4-2)7-11-5-10(6-13(16)14(11)17)15(21)22-9-12(20)8-19/h5-6,12,19-20H,3-4,7-9,17H2,1-2H3. The van der Waals surface area contributed by atoms with E-state index in [0.717, 1.165) is 18.7 Å². The second kappa shape index (κ2) is 9.09. The van der Waals surface area contributed by atoms with E-state index in [1.54, 1.807) is 12.1 Å². The molecule has 0 saturated heterocycles. The van der Waals surface area contributed by atoms with E-state index in [1.807, 2.05) is 0 Å². The number of carbonyl (C=O) groups excluding carboxylic acids is 1. The lowest BCUT2D eigenvalue weighted by molar-refractivity contribution is 0.00931. The second-order valence-corrected chi connectivity index (χ2v) is 5.78. The summed E-state index contributed by atoms with van der Waals surface area (Å²) in [5.41, 5.74) is 7.85. The van der Waals surface area contributed by atoms with E-state index >= 15 is 0 Å². The number of halogens is 1. The third kappa shape index (κ3) is 5.24. The van der Waals surface area contributed by atoms with Gasteiger partial charge in [-0.1, -0.05) is 13.8 Å². The highest BCUT2D eigenvalue weighted by molar-refractivity contribution is 9.10. The van der Waals surface area contributed by atoms with Crippen LogP contribution in [0.3, 0.4) is 0 Å². The Bertz CT molecular complexity index is 507. The number of nitrogens with two attached hydrogens (primary N) is 1. The monoisotopic (exact) mass is 374 g/mol. The summed E-state index contributed by atoms with van der Waals surface area (Å²) in [6.07, 6.45) is -1.07. The summed E-state index contributed by atoms with van der Waals surface area (Å²) in [5, 5.41) is 18.0. The number of nitrogen functional groups attached to an aromatic ring is 1. The molecule has 22 heavy (non-hydrogen) atoms. The quantitative estimate of drug-likeness (QED) is 0.469. The van der Waals surface area contributed by atoms with E-state index in [0.29, 0.717) is 22.3 Å². The Hall–Kier alpha value is -1.15. The topological polar surface area (TPSA) is 96.0 Å². The number of esters is 1. The van der Waals surface area contributed by atoms with Crippen LogP contribution in [0.25, 0.3) is 0 Å². The fourth-order valence-corrected chi connectivity index (χ4v) is 2.42. The zero-order chi connectivity index (χ0) is 16.7. The summed E-state index contributed by atoms with van der Waals surface area (Å²) < 4.78 is 5.60. The molecule has 0 aromatic heterocycles. The number of nitrogens with zero attached hydrogens (tertiary/aromatic N) is 1. The molecule has 7 heteroatoms. The number of hydrogen-bond donors (Lipinski definition) is 3. The number of hydrogen-bond acceptors (Lipinski definition) is 6. The molecular weight excluding hydrogens is 352 g/mol. The Balaban J connectivity index is 2.92. The predicted molar refractivity (Wildman–Crippen MR) is 88.6 cm³/mol. The molecule has 0 aliphatic heterocycles. The Labute approximate surface area is 139 Å². The third-order valence-electron chi connectivity index (χ3n) is 3.36. The minimum atomic E-state index is -1.07. The summed E-state index contributed by atoms with van der Waals surface area (Å²) in [4.78, 5) is 14.2. The van der Waals surface area contributed by atoms with E-state index in [1.165, 1.54) is 0 Å². The van der Waals surface area contributed by atoms with Crippen LogP contribution in [0.2, 0.25) is 0 Å². The van der Waals surface area contributed by atoms with Gasteiger partial charge in [0.2, 0.25) is 0 Å². The van der Waals surface area contributed by atoms with Crippen LogP contribution in [-0.2, 0) is 11.3 Å². The van der Waals surface area contributed by atoms with E-state index in [2.05, 4.69) is 34.7 Å². The van der Waals surface area contributed by atoms with Gasteiger partial charge < -0.3 is 20.7 Å². The summed E-state index contributed by atoms with van der Waals surface area (Å²) in [6, 6.07) is 3.29. The molecule has 0 aliphatic carbocycles. The van der Waals surface area contributed by atoms with Crippen molar-refractivity contribution >= 4 is 27.6 Å². The highest BCUT2D eigenvalue weighted by Gasteiger charge is 2.15. The van der Waals surface area contributed by atoms with Crippen molar-refractivity contribution in [3.63, 3.8) is 0 Å². The van der Waals surface area contributed by atoms with Gasteiger partial charge in [0.25, 0.3) is 0 Å². The number of ether oxygens (including phenoxy) is 1. The summed E-state index contributed by atoms with van der Waals surface area (Å²) >= 11 is 3.35. The van der Waals surface area contributed by atoms with Crippen LogP contribution in [0.1, 0.15) is 29.8 Å². The molecule has 124 valence electrons. The van der Waals surface area contributed by atoms with Gasteiger partial charge >= 0.3 is 5.97 Å². The molecule has 0 radical (unpaired) electrons. The number of anilines is 1. The molecule has 0 aliphatic rings. The molecule has 0 heterocycles. The molecule has 0 amide bonds. The third-order valence-corrected chi connectivity index (χ3v) is 4.01. The SMILES string of the molecule is CCN(CC)Cc1cc(C(=O)OCC(O)CO)cc(Br)c1N. The number of rotatable bonds is 8. The van der Waals surface area contributed by atoms with Crippen molar-refractivity contribution in [2.24, 2.45) is 0 Å². The lowest BCUT2D eigenvalue weighted by Gasteiger charge is -2.20. The van der Waals surface area contributed by atoms with Crippen LogP contribution in [0.15, 0.2) is 16.6 Å². The average Bonchev–Trinajstić information content (AvgIpc) is 2.53. The summed E-state index contributed by atoms with van der Waals surface area (Å²) in [5.74, 6) is -0.561. The van der Waals surface area contributed by atoms with Crippen LogP contribution in [0.4, 0.5) is 5.69 Å². The molecular formula is C15H23BrN2O4. The van der Waals surface area contributed by atoms with Crippen LogP contribution in [0, 0.1) is 0 Å². The van der Waals surface area contributed by atoms with Crippen molar-refractivity contribution in [2.45, 2.75) is 26.5 Å². The second-order valence-electron chi connectivity index (χ2n) is 4.93. The van der Waals surface area contributed by atoms with Crippen molar-refractivity contribution in [1.82, 2.24) is 4.90 Å². The molecule has 1 rings (SSSR count). The zero-order valence-electron chi connectivity index (χ0n) is 12.9. The van der Waals surface area contributed by atoms with Crippen LogP contribution < -0.4 is 5.73 Å². The Morgan fingerprint density at radius 2 is 2.05 bits per heavy atom. The number of aliphatic hydroxyl groups is 2. The Kier molecular flexibility index (Phi) is 7.81. The van der Waals surface area contributed by atoms with Crippen LogP contribution in [-0.4, -0.2) is 53.5 Å². The highest BCUT2D eigenvalue weighted by atomic mass is 79.9. The van der Waals surface area contributed by atoms with E-state index in [4.69, 9.17) is 15.6 Å². The van der Waals surface area contributed by atoms with Gasteiger partial charge in [-0.25, -0.2) is 4.79 Å². The van der Waals surface area contributed by atoms with Gasteiger partial charge in [0.15, 0.2) is 0 Å². The van der Waals surface area contributed by atoms with Gasteiger partial charge in [-0.05, 0) is 46.7 Å². The van der Waals surface area contributed by atoms with Crippen LogP contribution in [0.5, 0.6) is 0 Å². The largest absolute Gasteiger partial charge is 0.459 e. The van der Waals surface area contributed by atoms with E-state index in [-0.39, 0.29) is 6.61 Å². The maximum atomic E-state index is 12.0. The number of carbonyl (C=O) groups is 1. The molecule has 4 N–H and O–H groups in total. The minimum Gasteiger partial charge on any atom is -0.459 e. The first kappa shape index (κ1) is 18.9. The molecule has 1 aromatic carbocycles. The number of aliphatic hydroxyl groups excluding tert-OH is 2. The first-order valence-corrected chi connectivity index (χ1v) is 7.98. The first-order valence-electron chi connectivity index (χ1n) is 7.19. The smallest absolute Gasteiger partial charge is 0.338 e. The van der Waals surface area contributed by atoms with Gasteiger partial charge in [0, 0.05) is 11.0 Å². The number of benzene rings is 1. The van der Waals surface area contributed by atoms with Crippen molar-refractivity contribution in [1.29, 1.82) is 0 Å². The Morgan fingerprint density at radius 3 is 2.59 bits per heavy atom. The summed E-state index contributed by atoms with van der Waals surface area (Å²) in [7, 11) is 0. The normalized spacial score (nSPS) is 12.5. The van der Waals surface area contributed by atoms with Crippen LogP contribution >= 0.6 is 15.9 Å². The summed E-state index contributed by atoms with van der Waals surface area (Å²) in [6.45, 7) is 5.81. The molecule has 6 nitrogen and oxygen atoms in total. The van der Waals surface area contributed by atoms with Gasteiger partial charge in [0.05, 0.1) is 17.9 Å². The van der Waals surface area contributed by atoms with Gasteiger partial charge in [-0.15, -0.1) is 0 Å². The van der Waals surface area contributed by atoms with Crippen molar-refractivity contribution in [3.8, 4) is 0 Å². The van der Waals surface area contributed by atoms with Gasteiger partial charge in [0.1, 0.15) is 12.7 Å². The first-order chi connectivity index (χ1) is 10.4. The lowest BCUT2D eigenvalue weighted by Crippen LogP contribution is -2.24. The highest BCUT2D eigenvalue weighted by Crippen LogP contribution is 2.27. The van der Waals surface area contributed by atoms with Crippen molar-refractivity contribution < 1.29 is 19.7 Å². The average molecular weight is 375 g/mol. The lowest BCUT2D eigenvalue weighted by atomic mass is 10.1. The molecule has 0 spiro atoms.